The van der Waals surface area contributed by atoms with Crippen molar-refractivity contribution in [2.24, 2.45) is 5.41 Å². The Morgan fingerprint density at radius 3 is 2.84 bits per heavy atom. The molecule has 128 valence electrons. The monoisotopic (exact) mass is 337 g/mol. The lowest BCUT2D eigenvalue weighted by molar-refractivity contribution is 0.0750. The third-order valence-electron chi connectivity index (χ3n) is 4.41. The zero-order chi connectivity index (χ0) is 17.9. The molecule has 0 spiro atoms. The summed E-state index contributed by atoms with van der Waals surface area (Å²) in [6.45, 7) is 2.33. The second-order valence-electron chi connectivity index (χ2n) is 6.36. The predicted octanol–water partition coefficient (Wildman–Crippen LogP) is 2.07. The van der Waals surface area contributed by atoms with E-state index in [0.29, 0.717) is 18.6 Å². The molecular formula is C19H19N3O3. The van der Waals surface area contributed by atoms with Crippen molar-refractivity contribution in [3.63, 3.8) is 0 Å². The molecular weight excluding hydrogens is 318 g/mol. The maximum absolute atomic E-state index is 12.0. The quantitative estimate of drug-likeness (QED) is 0.846. The molecule has 6 heteroatoms. The molecule has 3 rings (SSSR count). The summed E-state index contributed by atoms with van der Waals surface area (Å²) in [6, 6.07) is 11.8. The summed E-state index contributed by atoms with van der Waals surface area (Å²) in [7, 11) is 0. The number of hydrogen-bond donors (Lipinski definition) is 1. The number of nitrogens with one attached hydrogen (secondary N) is 1. The molecule has 1 aromatic carbocycles. The average molecular weight is 337 g/mol. The number of rotatable bonds is 5. The Labute approximate surface area is 145 Å². The summed E-state index contributed by atoms with van der Waals surface area (Å²) in [6.07, 6.45) is 5.60. The lowest BCUT2D eigenvalue weighted by Crippen LogP contribution is -2.33. The van der Waals surface area contributed by atoms with E-state index in [1.165, 1.54) is 10.8 Å². The van der Waals surface area contributed by atoms with Gasteiger partial charge in [-0.2, -0.15) is 5.26 Å². The van der Waals surface area contributed by atoms with Crippen molar-refractivity contribution in [2.75, 3.05) is 6.61 Å². The van der Waals surface area contributed by atoms with Gasteiger partial charge < -0.3 is 4.74 Å². The molecule has 0 saturated heterocycles. The van der Waals surface area contributed by atoms with Crippen LogP contribution >= 0.6 is 0 Å². The zero-order valence-electron chi connectivity index (χ0n) is 13.9. The summed E-state index contributed by atoms with van der Waals surface area (Å²) in [4.78, 5) is 25.8. The number of nitrogens with zero attached hydrogens (tertiary/aromatic N) is 2. The molecule has 25 heavy (non-hydrogen) atoms. The number of ether oxygens (including phenoxy) is 1. The highest BCUT2D eigenvalue weighted by atomic mass is 16.5. The van der Waals surface area contributed by atoms with Crippen molar-refractivity contribution in [3.8, 4) is 6.07 Å². The molecule has 0 unspecified atom stereocenters. The molecule has 0 bridgehead atoms. The molecule has 1 N–H and O–H groups in total. The van der Waals surface area contributed by atoms with E-state index in [9.17, 15) is 14.9 Å². The molecule has 2 aromatic rings. The van der Waals surface area contributed by atoms with Gasteiger partial charge in [0.2, 0.25) is 0 Å². The van der Waals surface area contributed by atoms with Gasteiger partial charge in [-0.1, -0.05) is 42.5 Å². The largest absolute Gasteiger partial charge is 0.375 e. The highest BCUT2D eigenvalue weighted by Crippen LogP contribution is 2.37. The first kappa shape index (κ1) is 16.9. The van der Waals surface area contributed by atoms with Crippen molar-refractivity contribution in [1.82, 2.24) is 9.55 Å². The lowest BCUT2D eigenvalue weighted by Gasteiger charge is -2.21. The van der Waals surface area contributed by atoms with Crippen LogP contribution in [0.2, 0.25) is 0 Å². The molecule has 0 fully saturated rings. The topological polar surface area (TPSA) is 87.9 Å². The minimum absolute atomic E-state index is 0.252. The van der Waals surface area contributed by atoms with Crippen LogP contribution < -0.4 is 11.2 Å². The van der Waals surface area contributed by atoms with Gasteiger partial charge in [-0.15, -0.1) is 0 Å². The van der Waals surface area contributed by atoms with Gasteiger partial charge in [0.15, 0.2) is 0 Å². The molecule has 0 radical (unpaired) electrons. The van der Waals surface area contributed by atoms with E-state index >= 15 is 0 Å². The highest BCUT2D eigenvalue weighted by molar-refractivity contribution is 5.22. The molecule has 6 nitrogen and oxygen atoms in total. The second kappa shape index (κ2) is 6.91. The van der Waals surface area contributed by atoms with Crippen molar-refractivity contribution < 1.29 is 4.74 Å². The molecule has 1 aliphatic rings. The van der Waals surface area contributed by atoms with Crippen LogP contribution in [-0.4, -0.2) is 16.2 Å². The molecule has 0 saturated carbocycles. The van der Waals surface area contributed by atoms with Gasteiger partial charge in [0.05, 0.1) is 25.3 Å². The van der Waals surface area contributed by atoms with Crippen LogP contribution in [0.15, 0.2) is 58.3 Å². The summed E-state index contributed by atoms with van der Waals surface area (Å²) >= 11 is 0. The number of hydrogen-bond acceptors (Lipinski definition) is 4. The zero-order valence-corrected chi connectivity index (χ0v) is 13.9. The van der Waals surface area contributed by atoms with Gasteiger partial charge in [0, 0.05) is 11.8 Å². The minimum Gasteiger partial charge on any atom is -0.375 e. The number of aromatic nitrogens is 2. The number of benzene rings is 1. The van der Waals surface area contributed by atoms with Crippen LogP contribution in [0.1, 0.15) is 23.6 Å². The van der Waals surface area contributed by atoms with E-state index < -0.39 is 11.1 Å². The first-order chi connectivity index (χ1) is 12.0. The van der Waals surface area contributed by atoms with Crippen LogP contribution in [-0.2, 0) is 11.3 Å². The number of allylic oxidation sites excluding steroid dienone is 1. The number of nitriles is 1. The Kier molecular flexibility index (Phi) is 4.68. The normalized spacial score (nSPS) is 22.0. The smallest absolute Gasteiger partial charge is 0.328 e. The number of H-pyrrole nitrogens is 1. The van der Waals surface area contributed by atoms with Crippen molar-refractivity contribution >= 4 is 0 Å². The molecule has 1 aromatic heterocycles. The van der Waals surface area contributed by atoms with Gasteiger partial charge in [-0.25, -0.2) is 4.79 Å². The van der Waals surface area contributed by atoms with E-state index in [1.54, 1.807) is 13.0 Å². The summed E-state index contributed by atoms with van der Waals surface area (Å²) < 4.78 is 7.20. The summed E-state index contributed by atoms with van der Waals surface area (Å²) in [5.41, 5.74) is -0.127. The van der Waals surface area contributed by atoms with E-state index in [-0.39, 0.29) is 18.2 Å². The average Bonchev–Trinajstić information content (AvgIpc) is 3.04. The molecule has 0 aliphatic heterocycles. The Morgan fingerprint density at radius 2 is 2.12 bits per heavy atom. The first-order valence-corrected chi connectivity index (χ1v) is 8.07. The van der Waals surface area contributed by atoms with Crippen molar-refractivity contribution in [1.29, 1.82) is 5.26 Å². The van der Waals surface area contributed by atoms with Crippen LogP contribution in [0.3, 0.4) is 0 Å². The van der Waals surface area contributed by atoms with Gasteiger partial charge >= 0.3 is 5.69 Å². The third kappa shape index (κ3) is 3.62. The Balaban J connectivity index is 1.70. The minimum atomic E-state index is -0.775. The van der Waals surface area contributed by atoms with E-state index in [4.69, 9.17) is 4.74 Å². The van der Waals surface area contributed by atoms with Gasteiger partial charge in [-0.3, -0.25) is 14.3 Å². The van der Waals surface area contributed by atoms with E-state index in [2.05, 4.69) is 11.1 Å². The predicted molar refractivity (Wildman–Crippen MR) is 93.0 cm³/mol. The Bertz CT molecular complexity index is 937. The summed E-state index contributed by atoms with van der Waals surface area (Å²) in [5, 5.41) is 9.62. The van der Waals surface area contributed by atoms with E-state index in [1.807, 2.05) is 36.4 Å². The molecule has 1 aliphatic carbocycles. The number of aromatic amines is 1. The molecule has 0 amide bonds. The molecule has 2 atom stereocenters. The first-order valence-electron chi connectivity index (χ1n) is 8.07. The highest BCUT2D eigenvalue weighted by Gasteiger charge is 2.36. The Hall–Kier alpha value is -2.91. The maximum atomic E-state index is 12.0. The van der Waals surface area contributed by atoms with Crippen LogP contribution in [0.4, 0.5) is 0 Å². The third-order valence-corrected chi connectivity index (χ3v) is 4.41. The Morgan fingerprint density at radius 1 is 1.36 bits per heavy atom. The fourth-order valence-electron chi connectivity index (χ4n) is 2.98. The standard InChI is InChI=1S/C19H19N3O3/c1-14-10-22(18(24)21-17(14)23)16-7-8-19(9-16,12-20)13-25-11-15-5-3-2-4-6-15/h2-8,10,16H,9,11,13H2,1H3,(H,21,23,24)/t16-,19+/m0/s1. The van der Waals surface area contributed by atoms with Crippen molar-refractivity contribution in [3.05, 3.63) is 80.6 Å². The van der Waals surface area contributed by atoms with Crippen molar-refractivity contribution in [2.45, 2.75) is 26.0 Å². The van der Waals surface area contributed by atoms with Gasteiger partial charge in [0.25, 0.3) is 5.56 Å². The van der Waals surface area contributed by atoms with Gasteiger partial charge in [-0.05, 0) is 18.9 Å². The maximum Gasteiger partial charge on any atom is 0.328 e. The lowest BCUT2D eigenvalue weighted by atomic mass is 9.89. The number of aryl methyl sites for hydroxylation is 1. The summed E-state index contributed by atoms with van der Waals surface area (Å²) in [5.74, 6) is 0. The van der Waals surface area contributed by atoms with Crippen LogP contribution in [0.5, 0.6) is 0 Å². The fraction of sp³-hybridized carbons (Fsp3) is 0.316. The fourth-order valence-corrected chi connectivity index (χ4v) is 2.98. The molecule has 1 heterocycles. The van der Waals surface area contributed by atoms with E-state index in [0.717, 1.165) is 5.56 Å². The SMILES string of the molecule is Cc1cn([C@H]2C=C[C@@](C#N)(COCc3ccccc3)C2)c(=O)[nH]c1=O. The second-order valence-corrected chi connectivity index (χ2v) is 6.36. The van der Waals surface area contributed by atoms with Crippen LogP contribution in [0.25, 0.3) is 0 Å². The van der Waals surface area contributed by atoms with Gasteiger partial charge in [0.1, 0.15) is 5.41 Å². The van der Waals surface area contributed by atoms with Crippen LogP contribution in [0, 0.1) is 23.7 Å².